The van der Waals surface area contributed by atoms with Crippen molar-refractivity contribution in [1.82, 2.24) is 0 Å². The summed E-state index contributed by atoms with van der Waals surface area (Å²) in [5.74, 6) is 0.427. The van der Waals surface area contributed by atoms with E-state index in [0.29, 0.717) is 11.6 Å². The number of anilines is 1. The number of hydrogen-bond donors (Lipinski definition) is 1. The molecule has 0 saturated carbocycles. The minimum Gasteiger partial charge on any atom is -0.382 e. The molecule has 0 atom stereocenters. The Kier molecular flexibility index (Phi) is 4.39. The first-order valence-electron chi connectivity index (χ1n) is 4.79. The highest BCUT2D eigenvalue weighted by Crippen LogP contribution is 2.25. The van der Waals surface area contributed by atoms with Gasteiger partial charge in [0.1, 0.15) is 5.82 Å². The van der Waals surface area contributed by atoms with Crippen molar-refractivity contribution >= 4 is 21.6 Å². The first-order chi connectivity index (χ1) is 6.61. The van der Waals surface area contributed by atoms with E-state index in [1.165, 1.54) is 6.07 Å². The molecule has 78 valence electrons. The molecule has 0 heterocycles. The van der Waals surface area contributed by atoms with Gasteiger partial charge in [0.25, 0.3) is 0 Å². The van der Waals surface area contributed by atoms with Crippen LogP contribution in [0, 0.1) is 11.7 Å². The Morgan fingerprint density at radius 3 is 2.71 bits per heavy atom. The van der Waals surface area contributed by atoms with E-state index in [-0.39, 0.29) is 5.82 Å². The van der Waals surface area contributed by atoms with Gasteiger partial charge in [-0.1, -0.05) is 19.9 Å². The second-order valence-corrected chi connectivity index (χ2v) is 4.56. The maximum absolute atomic E-state index is 13.3. The Morgan fingerprint density at radius 2 is 2.14 bits per heavy atom. The van der Waals surface area contributed by atoms with Crippen LogP contribution in [0.2, 0.25) is 0 Å². The van der Waals surface area contributed by atoms with Crippen LogP contribution in [0.1, 0.15) is 20.3 Å². The molecule has 0 radical (unpaired) electrons. The van der Waals surface area contributed by atoms with E-state index in [1.54, 1.807) is 6.07 Å². The maximum atomic E-state index is 13.3. The predicted octanol–water partition coefficient (Wildman–Crippen LogP) is 4.05. The Hall–Kier alpha value is -0.570. The Morgan fingerprint density at radius 1 is 1.43 bits per heavy atom. The second kappa shape index (κ2) is 5.35. The van der Waals surface area contributed by atoms with E-state index in [9.17, 15) is 4.39 Å². The van der Waals surface area contributed by atoms with E-state index in [0.717, 1.165) is 17.4 Å². The van der Waals surface area contributed by atoms with Gasteiger partial charge in [0.2, 0.25) is 0 Å². The third-order valence-corrected chi connectivity index (χ3v) is 2.65. The molecule has 0 saturated heterocycles. The fourth-order valence-corrected chi connectivity index (χ4v) is 1.63. The predicted molar refractivity (Wildman–Crippen MR) is 62.0 cm³/mol. The fraction of sp³-hybridized carbons (Fsp3) is 0.455. The molecule has 0 aliphatic rings. The Balaban J connectivity index is 2.58. The highest BCUT2D eigenvalue weighted by Gasteiger charge is 2.05. The normalized spacial score (nSPS) is 10.6. The summed E-state index contributed by atoms with van der Waals surface area (Å²) in [6.45, 7) is 5.10. The molecule has 0 unspecified atom stereocenters. The zero-order chi connectivity index (χ0) is 10.6. The van der Waals surface area contributed by atoms with Gasteiger partial charge < -0.3 is 5.32 Å². The van der Waals surface area contributed by atoms with E-state index in [4.69, 9.17) is 0 Å². The van der Waals surface area contributed by atoms with Gasteiger partial charge in [-0.2, -0.15) is 0 Å². The zero-order valence-electron chi connectivity index (χ0n) is 8.48. The number of rotatable bonds is 4. The first kappa shape index (κ1) is 11.5. The molecule has 3 heteroatoms. The average Bonchev–Trinajstić information content (AvgIpc) is 2.09. The molecule has 1 nitrogen and oxygen atoms in total. The summed E-state index contributed by atoms with van der Waals surface area (Å²) in [6.07, 6.45) is 1.04. The molecule has 0 bridgehead atoms. The topological polar surface area (TPSA) is 12.0 Å². The molecule has 0 spiro atoms. The van der Waals surface area contributed by atoms with Crippen LogP contribution in [-0.2, 0) is 0 Å². The van der Waals surface area contributed by atoms with Crippen LogP contribution in [0.4, 0.5) is 10.1 Å². The van der Waals surface area contributed by atoms with Gasteiger partial charge >= 0.3 is 0 Å². The molecular formula is C11H15BrFN. The third-order valence-electron chi connectivity index (χ3n) is 1.99. The number of hydrogen-bond acceptors (Lipinski definition) is 1. The Labute approximate surface area is 92.8 Å². The van der Waals surface area contributed by atoms with Crippen LogP contribution in [0.25, 0.3) is 0 Å². The summed E-state index contributed by atoms with van der Waals surface area (Å²) in [5, 5.41) is 3.09. The highest BCUT2D eigenvalue weighted by atomic mass is 79.9. The molecule has 1 rings (SSSR count). The molecule has 0 aromatic heterocycles. The van der Waals surface area contributed by atoms with E-state index < -0.39 is 0 Å². The summed E-state index contributed by atoms with van der Waals surface area (Å²) in [4.78, 5) is 0. The highest BCUT2D eigenvalue weighted by molar-refractivity contribution is 9.10. The molecule has 14 heavy (non-hydrogen) atoms. The summed E-state index contributed by atoms with van der Waals surface area (Å²) < 4.78 is 14.1. The average molecular weight is 260 g/mol. The summed E-state index contributed by atoms with van der Waals surface area (Å²) >= 11 is 3.31. The van der Waals surface area contributed by atoms with Crippen LogP contribution in [0.3, 0.4) is 0 Å². The van der Waals surface area contributed by atoms with Crippen LogP contribution < -0.4 is 5.32 Å². The van der Waals surface area contributed by atoms with Crippen molar-refractivity contribution in [3.8, 4) is 0 Å². The van der Waals surface area contributed by atoms with Gasteiger partial charge in [-0.05, 0) is 40.4 Å². The van der Waals surface area contributed by atoms with Crippen molar-refractivity contribution in [1.29, 1.82) is 0 Å². The van der Waals surface area contributed by atoms with Crippen molar-refractivity contribution in [2.45, 2.75) is 20.3 Å². The van der Waals surface area contributed by atoms with Gasteiger partial charge in [-0.3, -0.25) is 0 Å². The number of halogens is 2. The SMILES string of the molecule is CC(C)CCNc1c(F)cccc1Br. The quantitative estimate of drug-likeness (QED) is 0.861. The van der Waals surface area contributed by atoms with Crippen LogP contribution >= 0.6 is 15.9 Å². The lowest BCUT2D eigenvalue weighted by Crippen LogP contribution is -2.06. The summed E-state index contributed by atoms with van der Waals surface area (Å²) in [7, 11) is 0. The first-order valence-corrected chi connectivity index (χ1v) is 5.58. The van der Waals surface area contributed by atoms with Crippen LogP contribution in [0.15, 0.2) is 22.7 Å². The molecule has 0 amide bonds. The van der Waals surface area contributed by atoms with Gasteiger partial charge in [-0.15, -0.1) is 0 Å². The van der Waals surface area contributed by atoms with Crippen molar-refractivity contribution in [3.05, 3.63) is 28.5 Å². The molecule has 0 aliphatic carbocycles. The van der Waals surface area contributed by atoms with Crippen LogP contribution in [0.5, 0.6) is 0 Å². The van der Waals surface area contributed by atoms with Crippen molar-refractivity contribution < 1.29 is 4.39 Å². The van der Waals surface area contributed by atoms with E-state index in [2.05, 4.69) is 35.1 Å². The van der Waals surface area contributed by atoms with Crippen molar-refractivity contribution in [3.63, 3.8) is 0 Å². The number of nitrogens with one attached hydrogen (secondary N) is 1. The largest absolute Gasteiger partial charge is 0.382 e. The minimum atomic E-state index is -0.205. The van der Waals surface area contributed by atoms with Gasteiger partial charge in [0.05, 0.1) is 5.69 Å². The fourth-order valence-electron chi connectivity index (χ4n) is 1.15. The summed E-state index contributed by atoms with van der Waals surface area (Å²) in [6, 6.07) is 4.98. The number of para-hydroxylation sites is 1. The van der Waals surface area contributed by atoms with Gasteiger partial charge in [-0.25, -0.2) is 4.39 Å². The monoisotopic (exact) mass is 259 g/mol. The Bertz CT molecular complexity index is 279. The standard InChI is InChI=1S/C11H15BrFN/c1-8(2)6-7-14-11-9(12)4-3-5-10(11)13/h3-5,8,14H,6-7H2,1-2H3. The number of benzene rings is 1. The lowest BCUT2D eigenvalue weighted by Gasteiger charge is -2.10. The lowest BCUT2D eigenvalue weighted by molar-refractivity contribution is 0.599. The molecule has 0 fully saturated rings. The smallest absolute Gasteiger partial charge is 0.147 e. The van der Waals surface area contributed by atoms with Gasteiger partial charge in [0.15, 0.2) is 0 Å². The van der Waals surface area contributed by atoms with E-state index in [1.807, 2.05) is 6.07 Å². The van der Waals surface area contributed by atoms with Crippen molar-refractivity contribution in [2.24, 2.45) is 5.92 Å². The molecule has 1 aromatic rings. The van der Waals surface area contributed by atoms with Crippen LogP contribution in [-0.4, -0.2) is 6.54 Å². The maximum Gasteiger partial charge on any atom is 0.147 e. The van der Waals surface area contributed by atoms with Gasteiger partial charge in [0, 0.05) is 11.0 Å². The second-order valence-electron chi connectivity index (χ2n) is 3.71. The molecular weight excluding hydrogens is 245 g/mol. The molecule has 1 N–H and O–H groups in total. The minimum absolute atomic E-state index is 0.205. The lowest BCUT2D eigenvalue weighted by atomic mass is 10.1. The summed E-state index contributed by atoms with van der Waals surface area (Å²) in [5.41, 5.74) is 0.563. The van der Waals surface area contributed by atoms with Crippen molar-refractivity contribution in [2.75, 3.05) is 11.9 Å². The van der Waals surface area contributed by atoms with E-state index >= 15 is 0 Å². The third kappa shape index (κ3) is 3.29. The zero-order valence-corrected chi connectivity index (χ0v) is 10.1. The molecule has 1 aromatic carbocycles. The molecule has 0 aliphatic heterocycles.